The summed E-state index contributed by atoms with van der Waals surface area (Å²) >= 11 is 0. The fraction of sp³-hybridized carbons (Fsp3) is 0.786. The Morgan fingerprint density at radius 1 is 1.48 bits per heavy atom. The number of carbonyl (C=O) groups is 1. The normalized spacial score (nSPS) is 26.9. The number of hydrogen-bond donors (Lipinski definition) is 2. The molecule has 1 aromatic heterocycles. The van der Waals surface area contributed by atoms with Crippen LogP contribution in [0.2, 0.25) is 0 Å². The second-order valence-electron chi connectivity index (χ2n) is 5.90. The van der Waals surface area contributed by atoms with Gasteiger partial charge in [-0.1, -0.05) is 5.21 Å². The number of nitrogens with one attached hydrogen (secondary N) is 2. The zero-order valence-corrected chi connectivity index (χ0v) is 12.4. The molecule has 0 aromatic carbocycles. The first-order valence-corrected chi connectivity index (χ1v) is 7.76. The van der Waals surface area contributed by atoms with Crippen LogP contribution in [0.1, 0.15) is 42.7 Å². The fourth-order valence-electron chi connectivity index (χ4n) is 2.99. The Kier molecular flexibility index (Phi) is 4.50. The average molecular weight is 293 g/mol. The molecule has 116 valence electrons. The second-order valence-corrected chi connectivity index (χ2v) is 5.90. The van der Waals surface area contributed by atoms with Crippen molar-refractivity contribution in [1.82, 2.24) is 25.6 Å². The molecule has 3 heterocycles. The SMILES string of the molecule is CC1OCCC1CNC(=O)c1cn(C2CCNCC2)nn1. The van der Waals surface area contributed by atoms with Gasteiger partial charge in [0.15, 0.2) is 5.69 Å². The largest absolute Gasteiger partial charge is 0.378 e. The monoisotopic (exact) mass is 293 g/mol. The Labute approximate surface area is 124 Å². The highest BCUT2D eigenvalue weighted by atomic mass is 16.5. The van der Waals surface area contributed by atoms with Crippen LogP contribution in [0.5, 0.6) is 0 Å². The summed E-state index contributed by atoms with van der Waals surface area (Å²) in [4.78, 5) is 12.1. The van der Waals surface area contributed by atoms with Gasteiger partial charge in [0.05, 0.1) is 18.3 Å². The predicted molar refractivity (Wildman–Crippen MR) is 77.0 cm³/mol. The van der Waals surface area contributed by atoms with E-state index in [4.69, 9.17) is 4.74 Å². The Bertz CT molecular complexity index is 483. The molecule has 1 amide bonds. The number of amides is 1. The van der Waals surface area contributed by atoms with Gasteiger partial charge in [0.1, 0.15) is 0 Å². The van der Waals surface area contributed by atoms with E-state index < -0.39 is 0 Å². The molecule has 0 bridgehead atoms. The fourth-order valence-corrected chi connectivity index (χ4v) is 2.99. The van der Waals surface area contributed by atoms with Gasteiger partial charge in [-0.3, -0.25) is 4.79 Å². The molecule has 2 atom stereocenters. The van der Waals surface area contributed by atoms with Crippen LogP contribution in [-0.2, 0) is 4.74 Å². The first-order chi connectivity index (χ1) is 10.2. The molecule has 2 unspecified atom stereocenters. The van der Waals surface area contributed by atoms with E-state index in [1.807, 2.05) is 4.68 Å². The second kappa shape index (κ2) is 6.53. The summed E-state index contributed by atoms with van der Waals surface area (Å²) in [5.74, 6) is 0.252. The van der Waals surface area contributed by atoms with Crippen LogP contribution in [0, 0.1) is 5.92 Å². The van der Waals surface area contributed by atoms with Crippen molar-refractivity contribution >= 4 is 5.91 Å². The lowest BCUT2D eigenvalue weighted by Crippen LogP contribution is -2.32. The zero-order chi connectivity index (χ0) is 14.7. The average Bonchev–Trinajstić information content (AvgIpc) is 3.15. The minimum atomic E-state index is -0.144. The van der Waals surface area contributed by atoms with E-state index in [1.54, 1.807) is 6.20 Å². The topological polar surface area (TPSA) is 81.1 Å². The van der Waals surface area contributed by atoms with E-state index in [9.17, 15) is 4.79 Å². The van der Waals surface area contributed by atoms with Crippen molar-refractivity contribution in [2.45, 2.75) is 38.3 Å². The number of ether oxygens (including phenoxy) is 1. The van der Waals surface area contributed by atoms with Crippen LogP contribution >= 0.6 is 0 Å². The van der Waals surface area contributed by atoms with Gasteiger partial charge >= 0.3 is 0 Å². The van der Waals surface area contributed by atoms with Gasteiger partial charge in [0, 0.05) is 19.1 Å². The summed E-state index contributed by atoms with van der Waals surface area (Å²) in [5, 5.41) is 14.4. The molecule has 2 fully saturated rings. The summed E-state index contributed by atoms with van der Waals surface area (Å²) in [6, 6.07) is 0.351. The van der Waals surface area contributed by atoms with Gasteiger partial charge in [-0.15, -0.1) is 5.10 Å². The third-order valence-corrected chi connectivity index (χ3v) is 4.48. The first kappa shape index (κ1) is 14.5. The Hall–Kier alpha value is -1.47. The number of piperidine rings is 1. The van der Waals surface area contributed by atoms with Crippen LogP contribution in [0.3, 0.4) is 0 Å². The molecule has 2 aliphatic heterocycles. The minimum absolute atomic E-state index is 0.144. The highest BCUT2D eigenvalue weighted by molar-refractivity contribution is 5.91. The maximum absolute atomic E-state index is 12.1. The van der Waals surface area contributed by atoms with Gasteiger partial charge in [-0.2, -0.15) is 0 Å². The van der Waals surface area contributed by atoms with E-state index in [2.05, 4.69) is 27.9 Å². The third kappa shape index (κ3) is 3.41. The number of carbonyl (C=O) groups excluding carboxylic acids is 1. The molecule has 7 heteroatoms. The smallest absolute Gasteiger partial charge is 0.273 e. The first-order valence-electron chi connectivity index (χ1n) is 7.76. The van der Waals surface area contributed by atoms with Crippen LogP contribution in [-0.4, -0.2) is 53.2 Å². The molecule has 21 heavy (non-hydrogen) atoms. The van der Waals surface area contributed by atoms with Gasteiger partial charge in [-0.05, 0) is 39.3 Å². The number of rotatable bonds is 4. The van der Waals surface area contributed by atoms with Crippen LogP contribution < -0.4 is 10.6 Å². The van der Waals surface area contributed by atoms with Crippen molar-refractivity contribution in [2.24, 2.45) is 5.92 Å². The van der Waals surface area contributed by atoms with Crippen molar-refractivity contribution in [3.05, 3.63) is 11.9 Å². The van der Waals surface area contributed by atoms with Crippen LogP contribution in [0.4, 0.5) is 0 Å². The summed E-state index contributed by atoms with van der Waals surface area (Å²) in [6.07, 6.45) is 5.04. The maximum atomic E-state index is 12.1. The molecule has 2 aliphatic rings. The molecule has 1 aromatic rings. The molecule has 0 spiro atoms. The Morgan fingerprint density at radius 2 is 2.29 bits per heavy atom. The molecule has 0 saturated carbocycles. The highest BCUT2D eigenvalue weighted by Gasteiger charge is 2.25. The summed E-state index contributed by atoms with van der Waals surface area (Å²) in [6.45, 7) is 5.46. The Morgan fingerprint density at radius 3 is 3.00 bits per heavy atom. The van der Waals surface area contributed by atoms with Gasteiger partial charge in [0.25, 0.3) is 5.91 Å². The summed E-state index contributed by atoms with van der Waals surface area (Å²) in [5.41, 5.74) is 0.403. The quantitative estimate of drug-likeness (QED) is 0.837. The lowest BCUT2D eigenvalue weighted by Gasteiger charge is -2.22. The van der Waals surface area contributed by atoms with Crippen molar-refractivity contribution in [3.63, 3.8) is 0 Å². The number of aromatic nitrogens is 3. The molecule has 2 saturated heterocycles. The lowest BCUT2D eigenvalue weighted by molar-refractivity contribution is 0.0903. The summed E-state index contributed by atoms with van der Waals surface area (Å²) in [7, 11) is 0. The van der Waals surface area contributed by atoms with Crippen molar-refractivity contribution in [1.29, 1.82) is 0 Å². The van der Waals surface area contributed by atoms with Crippen LogP contribution in [0.25, 0.3) is 0 Å². The molecular weight excluding hydrogens is 270 g/mol. The molecule has 3 rings (SSSR count). The van der Waals surface area contributed by atoms with E-state index in [1.165, 1.54) is 0 Å². The van der Waals surface area contributed by atoms with Crippen molar-refractivity contribution in [3.8, 4) is 0 Å². The highest BCUT2D eigenvalue weighted by Crippen LogP contribution is 2.19. The molecular formula is C14H23N5O2. The van der Waals surface area contributed by atoms with E-state index in [-0.39, 0.29) is 12.0 Å². The summed E-state index contributed by atoms with van der Waals surface area (Å²) < 4.78 is 7.33. The van der Waals surface area contributed by atoms with Gasteiger partial charge in [-0.25, -0.2) is 4.68 Å². The molecule has 0 aliphatic carbocycles. The maximum Gasteiger partial charge on any atom is 0.273 e. The number of nitrogens with zero attached hydrogens (tertiary/aromatic N) is 3. The Balaban J connectivity index is 1.53. The van der Waals surface area contributed by atoms with Gasteiger partial charge in [0.2, 0.25) is 0 Å². The predicted octanol–water partition coefficient (Wildman–Crippen LogP) is 0.357. The lowest BCUT2D eigenvalue weighted by atomic mass is 10.0. The van der Waals surface area contributed by atoms with E-state index in [0.717, 1.165) is 39.0 Å². The standard InChI is InChI=1S/C14H23N5O2/c1-10-11(4-7-21-10)8-16-14(20)13-9-19(18-17-13)12-2-5-15-6-3-12/h9-12,15H,2-8H2,1H3,(H,16,20). The van der Waals surface area contributed by atoms with E-state index in [0.29, 0.717) is 24.2 Å². The third-order valence-electron chi connectivity index (χ3n) is 4.48. The molecule has 7 nitrogen and oxygen atoms in total. The van der Waals surface area contributed by atoms with E-state index >= 15 is 0 Å². The number of hydrogen-bond acceptors (Lipinski definition) is 5. The van der Waals surface area contributed by atoms with Crippen LogP contribution in [0.15, 0.2) is 6.20 Å². The minimum Gasteiger partial charge on any atom is -0.378 e. The van der Waals surface area contributed by atoms with Crippen molar-refractivity contribution < 1.29 is 9.53 Å². The van der Waals surface area contributed by atoms with Gasteiger partial charge < -0.3 is 15.4 Å². The zero-order valence-electron chi connectivity index (χ0n) is 12.4. The molecule has 2 N–H and O–H groups in total. The van der Waals surface area contributed by atoms with Crippen molar-refractivity contribution in [2.75, 3.05) is 26.2 Å². The molecule has 0 radical (unpaired) electrons.